The highest BCUT2D eigenvalue weighted by molar-refractivity contribution is 5.91. The lowest BCUT2D eigenvalue weighted by molar-refractivity contribution is -0.123. The van der Waals surface area contributed by atoms with E-state index in [4.69, 9.17) is 0 Å². The van der Waals surface area contributed by atoms with Gasteiger partial charge in [-0.15, -0.1) is 0 Å². The van der Waals surface area contributed by atoms with E-state index < -0.39 is 0 Å². The molecule has 4 heteroatoms. The molecule has 0 bridgehead atoms. The van der Waals surface area contributed by atoms with E-state index >= 15 is 0 Å². The molecule has 0 atom stereocenters. The van der Waals surface area contributed by atoms with Crippen molar-refractivity contribution in [3.8, 4) is 0 Å². The molecule has 4 nitrogen and oxygen atoms in total. The minimum absolute atomic E-state index is 0.136. The van der Waals surface area contributed by atoms with Gasteiger partial charge in [0.15, 0.2) is 0 Å². The molecule has 1 amide bonds. The third kappa shape index (κ3) is 2.35. The number of rotatable bonds is 4. The molecule has 1 fully saturated rings. The number of aryl methyl sites for hydroxylation is 2. The fourth-order valence-electron chi connectivity index (χ4n) is 2.94. The summed E-state index contributed by atoms with van der Waals surface area (Å²) in [7, 11) is 1.93. The van der Waals surface area contributed by atoms with Crippen LogP contribution < -0.4 is 5.32 Å². The molecular formula is C17H21N3O. The van der Waals surface area contributed by atoms with Crippen molar-refractivity contribution in [2.75, 3.05) is 0 Å². The molecule has 1 aromatic heterocycles. The number of nitrogens with zero attached hydrogens (tertiary/aromatic N) is 2. The summed E-state index contributed by atoms with van der Waals surface area (Å²) in [6.07, 6.45) is 1.88. The Morgan fingerprint density at radius 3 is 2.48 bits per heavy atom. The molecule has 110 valence electrons. The predicted molar refractivity (Wildman–Crippen MR) is 81.9 cm³/mol. The van der Waals surface area contributed by atoms with E-state index in [1.165, 1.54) is 0 Å². The Labute approximate surface area is 125 Å². The fourth-order valence-corrected chi connectivity index (χ4v) is 2.94. The number of hydrogen-bond donors (Lipinski definition) is 1. The molecule has 1 N–H and O–H groups in total. The first kappa shape index (κ1) is 13.9. The quantitative estimate of drug-likeness (QED) is 0.936. The maximum Gasteiger partial charge on any atom is 0.230 e. The fraction of sp³-hybridized carbons (Fsp3) is 0.412. The van der Waals surface area contributed by atoms with E-state index in [0.29, 0.717) is 6.54 Å². The first-order valence-electron chi connectivity index (χ1n) is 7.37. The monoisotopic (exact) mass is 283 g/mol. The van der Waals surface area contributed by atoms with Crippen molar-refractivity contribution in [1.82, 2.24) is 15.1 Å². The maximum atomic E-state index is 12.6. The molecule has 1 saturated carbocycles. The molecule has 1 heterocycles. The van der Waals surface area contributed by atoms with Gasteiger partial charge in [0.2, 0.25) is 5.91 Å². The van der Waals surface area contributed by atoms with Gasteiger partial charge in [0.05, 0.1) is 11.1 Å². The molecule has 1 aromatic carbocycles. The third-order valence-electron chi connectivity index (χ3n) is 4.60. The van der Waals surface area contributed by atoms with Gasteiger partial charge in [0, 0.05) is 24.8 Å². The molecule has 3 rings (SSSR count). The summed E-state index contributed by atoms with van der Waals surface area (Å²) in [6, 6.07) is 10.1. The third-order valence-corrected chi connectivity index (χ3v) is 4.60. The number of carbonyl (C=O) groups is 1. The maximum absolute atomic E-state index is 12.6. The van der Waals surface area contributed by atoms with Crippen molar-refractivity contribution in [3.63, 3.8) is 0 Å². The van der Waals surface area contributed by atoms with E-state index in [1.807, 2.05) is 55.9 Å². The summed E-state index contributed by atoms with van der Waals surface area (Å²) in [6.45, 7) is 4.57. The van der Waals surface area contributed by atoms with Crippen LogP contribution in [0.25, 0.3) is 0 Å². The smallest absolute Gasteiger partial charge is 0.230 e. The standard InChI is InChI=1S/C17H21N3O/c1-12-15(13(2)20(3)19-12)11-18-16(21)17(9-10-17)14-7-5-4-6-8-14/h4-8H,9-11H2,1-3H3,(H,18,21). The molecule has 0 spiro atoms. The van der Waals surface area contributed by atoms with Crippen molar-refractivity contribution in [3.05, 3.63) is 52.8 Å². The number of amides is 1. The van der Waals surface area contributed by atoms with Crippen LogP contribution in [0.2, 0.25) is 0 Å². The highest BCUT2D eigenvalue weighted by atomic mass is 16.2. The van der Waals surface area contributed by atoms with Gasteiger partial charge in [-0.1, -0.05) is 30.3 Å². The number of nitrogens with one attached hydrogen (secondary N) is 1. The molecule has 0 aliphatic heterocycles. The van der Waals surface area contributed by atoms with Crippen LogP contribution in [0.1, 0.15) is 35.4 Å². The Balaban J connectivity index is 1.73. The Kier molecular flexibility index (Phi) is 3.32. The molecule has 0 saturated heterocycles. The molecule has 1 aliphatic rings. The van der Waals surface area contributed by atoms with Crippen molar-refractivity contribution in [1.29, 1.82) is 0 Å². The van der Waals surface area contributed by atoms with Gasteiger partial charge in [-0.2, -0.15) is 5.10 Å². The first-order valence-corrected chi connectivity index (χ1v) is 7.37. The van der Waals surface area contributed by atoms with E-state index in [2.05, 4.69) is 10.4 Å². The first-order chi connectivity index (χ1) is 10.0. The van der Waals surface area contributed by atoms with E-state index in [9.17, 15) is 4.79 Å². The summed E-state index contributed by atoms with van der Waals surface area (Å²) < 4.78 is 1.86. The Hall–Kier alpha value is -2.10. The Morgan fingerprint density at radius 2 is 1.95 bits per heavy atom. The second-order valence-corrected chi connectivity index (χ2v) is 5.90. The zero-order chi connectivity index (χ0) is 15.0. The highest BCUT2D eigenvalue weighted by Gasteiger charge is 2.50. The number of hydrogen-bond acceptors (Lipinski definition) is 2. The van der Waals surface area contributed by atoms with Crippen LogP contribution in [0.5, 0.6) is 0 Å². The lowest BCUT2D eigenvalue weighted by Gasteiger charge is -2.16. The summed E-state index contributed by atoms with van der Waals surface area (Å²) >= 11 is 0. The summed E-state index contributed by atoms with van der Waals surface area (Å²) in [5, 5.41) is 7.49. The highest BCUT2D eigenvalue weighted by Crippen LogP contribution is 2.48. The van der Waals surface area contributed by atoms with Gasteiger partial charge in [-0.3, -0.25) is 9.48 Å². The van der Waals surface area contributed by atoms with Crippen LogP contribution in [0, 0.1) is 13.8 Å². The summed E-state index contributed by atoms with van der Waals surface area (Å²) in [4.78, 5) is 12.6. The number of carbonyl (C=O) groups excluding carboxylic acids is 1. The van der Waals surface area contributed by atoms with Crippen LogP contribution in [-0.4, -0.2) is 15.7 Å². The second-order valence-electron chi connectivity index (χ2n) is 5.90. The van der Waals surface area contributed by atoms with Crippen LogP contribution >= 0.6 is 0 Å². The lowest BCUT2D eigenvalue weighted by atomic mass is 9.95. The van der Waals surface area contributed by atoms with Crippen LogP contribution in [-0.2, 0) is 23.8 Å². The Bertz CT molecular complexity index is 669. The molecule has 0 unspecified atom stereocenters. The minimum Gasteiger partial charge on any atom is -0.351 e. The molecule has 0 radical (unpaired) electrons. The van der Waals surface area contributed by atoms with Gasteiger partial charge >= 0.3 is 0 Å². The van der Waals surface area contributed by atoms with Crippen molar-refractivity contribution in [2.24, 2.45) is 7.05 Å². The van der Waals surface area contributed by atoms with E-state index in [0.717, 1.165) is 35.4 Å². The van der Waals surface area contributed by atoms with Gasteiger partial charge in [-0.25, -0.2) is 0 Å². The summed E-state index contributed by atoms with van der Waals surface area (Å²) in [5.41, 5.74) is 4.04. The van der Waals surface area contributed by atoms with Crippen molar-refractivity contribution >= 4 is 5.91 Å². The normalized spacial score (nSPS) is 15.8. The van der Waals surface area contributed by atoms with Crippen molar-refractivity contribution in [2.45, 2.75) is 38.6 Å². The number of aromatic nitrogens is 2. The molecule has 2 aromatic rings. The van der Waals surface area contributed by atoms with Gasteiger partial charge < -0.3 is 5.32 Å². The SMILES string of the molecule is Cc1nn(C)c(C)c1CNC(=O)C1(c2ccccc2)CC1. The number of benzene rings is 1. The lowest BCUT2D eigenvalue weighted by Crippen LogP contribution is -2.34. The molecular weight excluding hydrogens is 262 g/mol. The van der Waals surface area contributed by atoms with Crippen LogP contribution in [0.4, 0.5) is 0 Å². The largest absolute Gasteiger partial charge is 0.351 e. The van der Waals surface area contributed by atoms with E-state index in [1.54, 1.807) is 0 Å². The molecule has 21 heavy (non-hydrogen) atoms. The zero-order valence-electron chi connectivity index (χ0n) is 12.8. The van der Waals surface area contributed by atoms with Gasteiger partial charge in [0.25, 0.3) is 0 Å². The average molecular weight is 283 g/mol. The Morgan fingerprint density at radius 1 is 1.29 bits per heavy atom. The van der Waals surface area contributed by atoms with Gasteiger partial charge in [0.1, 0.15) is 0 Å². The second kappa shape index (κ2) is 5.02. The van der Waals surface area contributed by atoms with Gasteiger partial charge in [-0.05, 0) is 32.3 Å². The predicted octanol–water partition coefficient (Wildman–Crippen LogP) is 2.38. The topological polar surface area (TPSA) is 46.9 Å². The summed E-state index contributed by atoms with van der Waals surface area (Å²) in [5.74, 6) is 0.136. The van der Waals surface area contributed by atoms with Crippen molar-refractivity contribution < 1.29 is 4.79 Å². The minimum atomic E-state index is -0.300. The van der Waals surface area contributed by atoms with Crippen LogP contribution in [0.15, 0.2) is 30.3 Å². The van der Waals surface area contributed by atoms with Crippen LogP contribution in [0.3, 0.4) is 0 Å². The average Bonchev–Trinajstić information content (AvgIpc) is 3.25. The molecule has 1 aliphatic carbocycles. The van der Waals surface area contributed by atoms with E-state index in [-0.39, 0.29) is 11.3 Å². The zero-order valence-corrected chi connectivity index (χ0v) is 12.8.